The number of anilines is 1. The van der Waals surface area contributed by atoms with E-state index in [-0.39, 0.29) is 0 Å². The van der Waals surface area contributed by atoms with Crippen molar-refractivity contribution in [2.75, 3.05) is 5.73 Å². The van der Waals surface area contributed by atoms with Crippen LogP contribution in [0.2, 0.25) is 0 Å². The molecule has 2 N–H and O–H groups in total. The lowest BCUT2D eigenvalue weighted by atomic mass is 9.90. The SMILES string of the molecule is CC1CCCC1c1noc(N)c1-c1cccc(Br)c1. The van der Waals surface area contributed by atoms with Crippen molar-refractivity contribution in [2.45, 2.75) is 32.1 Å². The highest BCUT2D eigenvalue weighted by atomic mass is 79.9. The van der Waals surface area contributed by atoms with Gasteiger partial charge in [0.1, 0.15) is 0 Å². The van der Waals surface area contributed by atoms with Gasteiger partial charge in [0.25, 0.3) is 0 Å². The molecule has 0 bridgehead atoms. The fourth-order valence-corrected chi connectivity index (χ4v) is 3.45. The zero-order valence-corrected chi connectivity index (χ0v) is 12.5. The second kappa shape index (κ2) is 5.00. The highest BCUT2D eigenvalue weighted by Gasteiger charge is 2.31. The molecule has 2 aromatic rings. The predicted molar refractivity (Wildman–Crippen MR) is 79.8 cm³/mol. The Hall–Kier alpha value is -1.29. The van der Waals surface area contributed by atoms with E-state index in [2.05, 4.69) is 40.1 Å². The van der Waals surface area contributed by atoms with Crippen LogP contribution in [0.15, 0.2) is 33.3 Å². The first-order valence-corrected chi connectivity index (χ1v) is 7.47. The number of nitrogens with zero attached hydrogens (tertiary/aromatic N) is 1. The lowest BCUT2D eigenvalue weighted by molar-refractivity contribution is 0.407. The number of benzene rings is 1. The Labute approximate surface area is 121 Å². The molecule has 1 aromatic carbocycles. The van der Waals surface area contributed by atoms with Crippen LogP contribution in [-0.4, -0.2) is 5.16 Å². The van der Waals surface area contributed by atoms with Crippen LogP contribution in [0, 0.1) is 5.92 Å². The molecular weight excluding hydrogens is 304 g/mol. The van der Waals surface area contributed by atoms with Crippen LogP contribution >= 0.6 is 15.9 Å². The molecule has 1 saturated carbocycles. The number of rotatable bonds is 2. The van der Waals surface area contributed by atoms with Gasteiger partial charge in [0.2, 0.25) is 5.88 Å². The Morgan fingerprint density at radius 2 is 2.21 bits per heavy atom. The average Bonchev–Trinajstić information content (AvgIpc) is 2.95. The van der Waals surface area contributed by atoms with Crippen LogP contribution in [0.4, 0.5) is 5.88 Å². The molecule has 3 rings (SSSR count). The molecule has 1 fully saturated rings. The number of aromatic nitrogens is 1. The standard InChI is InChI=1S/C15H17BrN2O/c1-9-4-2-7-12(9)14-13(15(17)19-18-14)10-5-3-6-11(16)8-10/h3,5-6,8-9,12H,2,4,7,17H2,1H3. The van der Waals surface area contributed by atoms with Crippen molar-refractivity contribution in [1.82, 2.24) is 5.16 Å². The molecule has 100 valence electrons. The largest absolute Gasteiger partial charge is 0.367 e. The van der Waals surface area contributed by atoms with E-state index in [1.165, 1.54) is 19.3 Å². The summed E-state index contributed by atoms with van der Waals surface area (Å²) in [5, 5.41) is 4.24. The summed E-state index contributed by atoms with van der Waals surface area (Å²) in [7, 11) is 0. The zero-order valence-electron chi connectivity index (χ0n) is 10.9. The Balaban J connectivity index is 2.08. The Morgan fingerprint density at radius 1 is 1.37 bits per heavy atom. The van der Waals surface area contributed by atoms with E-state index in [0.717, 1.165) is 21.3 Å². The smallest absolute Gasteiger partial charge is 0.230 e. The summed E-state index contributed by atoms with van der Waals surface area (Å²) < 4.78 is 6.30. The number of nitrogens with two attached hydrogens (primary N) is 1. The van der Waals surface area contributed by atoms with Crippen LogP contribution < -0.4 is 5.73 Å². The van der Waals surface area contributed by atoms with Gasteiger partial charge in [-0.3, -0.25) is 0 Å². The lowest BCUT2D eigenvalue weighted by Crippen LogP contribution is -2.04. The predicted octanol–water partition coefficient (Wildman–Crippen LogP) is 4.59. The first-order valence-electron chi connectivity index (χ1n) is 6.68. The quantitative estimate of drug-likeness (QED) is 0.880. The van der Waals surface area contributed by atoms with Crippen LogP contribution in [0.3, 0.4) is 0 Å². The van der Waals surface area contributed by atoms with Crippen molar-refractivity contribution in [3.8, 4) is 11.1 Å². The van der Waals surface area contributed by atoms with Crippen molar-refractivity contribution >= 4 is 21.8 Å². The molecule has 0 radical (unpaired) electrons. The monoisotopic (exact) mass is 320 g/mol. The van der Waals surface area contributed by atoms with E-state index < -0.39 is 0 Å². The van der Waals surface area contributed by atoms with Gasteiger partial charge in [-0.25, -0.2) is 0 Å². The molecule has 1 aliphatic rings. The fourth-order valence-electron chi connectivity index (χ4n) is 3.05. The van der Waals surface area contributed by atoms with Crippen molar-refractivity contribution in [3.63, 3.8) is 0 Å². The summed E-state index contributed by atoms with van der Waals surface area (Å²) in [4.78, 5) is 0. The van der Waals surface area contributed by atoms with Gasteiger partial charge in [0, 0.05) is 10.4 Å². The van der Waals surface area contributed by atoms with E-state index in [1.54, 1.807) is 0 Å². The minimum atomic E-state index is 0.423. The molecule has 1 heterocycles. The molecule has 1 aromatic heterocycles. The zero-order chi connectivity index (χ0) is 13.4. The maximum absolute atomic E-state index is 5.99. The first-order chi connectivity index (χ1) is 9.16. The number of nitrogen functional groups attached to an aromatic ring is 1. The van der Waals surface area contributed by atoms with Gasteiger partial charge in [-0.15, -0.1) is 0 Å². The highest BCUT2D eigenvalue weighted by molar-refractivity contribution is 9.10. The normalized spacial score (nSPS) is 22.8. The van der Waals surface area contributed by atoms with Crippen LogP contribution in [-0.2, 0) is 0 Å². The Kier molecular flexibility index (Phi) is 3.35. The topological polar surface area (TPSA) is 52.0 Å². The van der Waals surface area contributed by atoms with Gasteiger partial charge in [-0.05, 0) is 30.0 Å². The van der Waals surface area contributed by atoms with Crippen molar-refractivity contribution in [3.05, 3.63) is 34.4 Å². The third-order valence-electron chi connectivity index (χ3n) is 4.07. The molecule has 0 aliphatic heterocycles. The Bertz CT molecular complexity index is 594. The van der Waals surface area contributed by atoms with Crippen LogP contribution in [0.5, 0.6) is 0 Å². The molecular formula is C15H17BrN2O. The van der Waals surface area contributed by atoms with E-state index in [0.29, 0.717) is 17.7 Å². The number of hydrogen-bond donors (Lipinski definition) is 1. The highest BCUT2D eigenvalue weighted by Crippen LogP contribution is 2.44. The molecule has 1 aliphatic carbocycles. The van der Waals surface area contributed by atoms with Gasteiger partial charge in [0.05, 0.1) is 11.3 Å². The van der Waals surface area contributed by atoms with E-state index >= 15 is 0 Å². The summed E-state index contributed by atoms with van der Waals surface area (Å²) in [6.45, 7) is 2.28. The van der Waals surface area contributed by atoms with Crippen molar-refractivity contribution < 1.29 is 4.52 Å². The average molecular weight is 321 g/mol. The van der Waals surface area contributed by atoms with Gasteiger partial charge >= 0.3 is 0 Å². The van der Waals surface area contributed by atoms with Gasteiger partial charge in [-0.2, -0.15) is 0 Å². The third-order valence-corrected chi connectivity index (χ3v) is 4.56. The summed E-state index contributed by atoms with van der Waals surface area (Å²) >= 11 is 3.50. The van der Waals surface area contributed by atoms with Gasteiger partial charge in [0.15, 0.2) is 0 Å². The molecule has 0 saturated heterocycles. The second-order valence-corrected chi connectivity index (χ2v) is 6.25. The maximum Gasteiger partial charge on any atom is 0.230 e. The molecule has 2 unspecified atom stereocenters. The molecule has 2 atom stereocenters. The van der Waals surface area contributed by atoms with Gasteiger partial charge in [-0.1, -0.05) is 53.0 Å². The number of halogens is 1. The third kappa shape index (κ3) is 2.29. The summed E-state index contributed by atoms with van der Waals surface area (Å²) in [6.07, 6.45) is 3.69. The molecule has 3 nitrogen and oxygen atoms in total. The van der Waals surface area contributed by atoms with E-state index in [4.69, 9.17) is 10.3 Å². The second-order valence-electron chi connectivity index (χ2n) is 5.33. The number of hydrogen-bond acceptors (Lipinski definition) is 3. The first kappa shape index (κ1) is 12.7. The lowest BCUT2D eigenvalue weighted by Gasteiger charge is -2.14. The van der Waals surface area contributed by atoms with E-state index in [9.17, 15) is 0 Å². The molecule has 0 spiro atoms. The van der Waals surface area contributed by atoms with E-state index in [1.807, 2.05) is 12.1 Å². The summed E-state index contributed by atoms with van der Waals surface area (Å²) in [5.41, 5.74) is 9.06. The van der Waals surface area contributed by atoms with Gasteiger partial charge < -0.3 is 10.3 Å². The van der Waals surface area contributed by atoms with Crippen LogP contribution in [0.1, 0.15) is 37.8 Å². The molecule has 0 amide bonds. The van der Waals surface area contributed by atoms with Crippen molar-refractivity contribution in [1.29, 1.82) is 0 Å². The Morgan fingerprint density at radius 3 is 2.89 bits per heavy atom. The fraction of sp³-hybridized carbons (Fsp3) is 0.400. The van der Waals surface area contributed by atoms with Crippen molar-refractivity contribution in [2.24, 2.45) is 5.92 Å². The summed E-state index contributed by atoms with van der Waals surface area (Å²) in [5.74, 6) is 1.54. The molecule has 19 heavy (non-hydrogen) atoms. The molecule has 4 heteroatoms. The maximum atomic E-state index is 5.99. The summed E-state index contributed by atoms with van der Waals surface area (Å²) in [6, 6.07) is 8.13. The minimum Gasteiger partial charge on any atom is -0.367 e. The minimum absolute atomic E-state index is 0.423. The van der Waals surface area contributed by atoms with Crippen LogP contribution in [0.25, 0.3) is 11.1 Å².